The highest BCUT2D eigenvalue weighted by atomic mass is 19.3. The maximum atomic E-state index is 12.4. The third-order valence-corrected chi connectivity index (χ3v) is 4.47. The Morgan fingerprint density at radius 3 is 2.28 bits per heavy atom. The normalized spacial score (nSPS) is 10.8. The summed E-state index contributed by atoms with van der Waals surface area (Å²) in [5.41, 5.74) is 1.79. The molecule has 3 rings (SSSR count). The Balaban J connectivity index is 1.55. The molecule has 0 fully saturated rings. The molecule has 5 nitrogen and oxygen atoms in total. The molecule has 29 heavy (non-hydrogen) atoms. The molecule has 0 aliphatic carbocycles. The van der Waals surface area contributed by atoms with E-state index in [-0.39, 0.29) is 11.8 Å². The van der Waals surface area contributed by atoms with Crippen LogP contribution in [0, 0.1) is 0 Å². The number of nitrogens with one attached hydrogen (secondary N) is 1. The first-order valence-corrected chi connectivity index (χ1v) is 9.04. The van der Waals surface area contributed by atoms with Gasteiger partial charge in [0.2, 0.25) is 0 Å². The van der Waals surface area contributed by atoms with Gasteiger partial charge in [0.25, 0.3) is 0 Å². The Morgan fingerprint density at radius 2 is 1.59 bits per heavy atom. The summed E-state index contributed by atoms with van der Waals surface area (Å²) in [6.07, 6.45) is 0. The van der Waals surface area contributed by atoms with Gasteiger partial charge in [0.1, 0.15) is 11.5 Å². The molecule has 152 valence electrons. The van der Waals surface area contributed by atoms with E-state index in [2.05, 4.69) is 10.1 Å². The number of halogens is 2. The predicted octanol–water partition coefficient (Wildman–Crippen LogP) is 4.79. The van der Waals surface area contributed by atoms with E-state index >= 15 is 0 Å². The molecule has 0 atom stereocenters. The molecule has 0 bridgehead atoms. The molecule has 0 aliphatic rings. The molecule has 0 aliphatic heterocycles. The lowest BCUT2D eigenvalue weighted by atomic mass is 10.1. The number of carbonyl (C=O) groups excluding carboxylic acids is 1. The standard InChI is InChI=1S/C22H22F2N2O3/c1-26(14-15-4-8-19(9-5-15)29-21(23)24)22(27)25-13-16-3-6-18-12-20(28-2)10-7-17(18)11-16/h3-12,21H,13-14H2,1-2H3,(H,25,27). The largest absolute Gasteiger partial charge is 0.497 e. The molecule has 3 aromatic rings. The van der Waals surface area contributed by atoms with E-state index in [1.54, 1.807) is 26.3 Å². The minimum Gasteiger partial charge on any atom is -0.497 e. The van der Waals surface area contributed by atoms with Gasteiger partial charge in [-0.2, -0.15) is 8.78 Å². The number of alkyl halides is 2. The Morgan fingerprint density at radius 1 is 0.966 bits per heavy atom. The van der Waals surface area contributed by atoms with Gasteiger partial charge in [0.05, 0.1) is 7.11 Å². The van der Waals surface area contributed by atoms with E-state index in [1.165, 1.54) is 17.0 Å². The van der Waals surface area contributed by atoms with Crippen molar-refractivity contribution in [3.63, 3.8) is 0 Å². The van der Waals surface area contributed by atoms with Gasteiger partial charge in [0.15, 0.2) is 0 Å². The quantitative estimate of drug-likeness (QED) is 0.620. The first-order chi connectivity index (χ1) is 13.9. The second-order valence-electron chi connectivity index (χ2n) is 6.58. The molecular formula is C22H22F2N2O3. The summed E-state index contributed by atoms with van der Waals surface area (Å²) in [4.78, 5) is 13.9. The lowest BCUT2D eigenvalue weighted by Crippen LogP contribution is -2.36. The van der Waals surface area contributed by atoms with Crippen LogP contribution >= 0.6 is 0 Å². The van der Waals surface area contributed by atoms with E-state index in [1.807, 2.05) is 36.4 Å². The average molecular weight is 400 g/mol. The third kappa shape index (κ3) is 5.57. The van der Waals surface area contributed by atoms with Crippen molar-refractivity contribution < 1.29 is 23.0 Å². The number of amides is 2. The zero-order valence-corrected chi connectivity index (χ0v) is 16.2. The number of urea groups is 1. The zero-order chi connectivity index (χ0) is 20.8. The van der Waals surface area contributed by atoms with Crippen LogP contribution in [0.15, 0.2) is 60.7 Å². The van der Waals surface area contributed by atoms with Gasteiger partial charge in [0, 0.05) is 20.1 Å². The van der Waals surface area contributed by atoms with Crippen LogP contribution in [0.4, 0.5) is 13.6 Å². The molecule has 0 aromatic heterocycles. The zero-order valence-electron chi connectivity index (χ0n) is 16.2. The van der Waals surface area contributed by atoms with Gasteiger partial charge in [-0.25, -0.2) is 4.79 Å². The van der Waals surface area contributed by atoms with Gasteiger partial charge in [-0.3, -0.25) is 0 Å². The topological polar surface area (TPSA) is 50.8 Å². The van der Waals surface area contributed by atoms with Crippen LogP contribution in [0.5, 0.6) is 11.5 Å². The second kappa shape index (κ2) is 9.23. The highest BCUT2D eigenvalue weighted by Crippen LogP contribution is 2.22. The molecule has 1 N–H and O–H groups in total. The molecule has 2 amide bonds. The monoisotopic (exact) mass is 400 g/mol. The Labute approximate surface area is 167 Å². The number of nitrogens with zero attached hydrogens (tertiary/aromatic N) is 1. The molecule has 7 heteroatoms. The highest BCUT2D eigenvalue weighted by molar-refractivity contribution is 5.84. The summed E-state index contributed by atoms with van der Waals surface area (Å²) in [6.45, 7) is -2.11. The summed E-state index contributed by atoms with van der Waals surface area (Å²) in [5.74, 6) is 0.888. The number of hydrogen-bond acceptors (Lipinski definition) is 3. The van der Waals surface area contributed by atoms with E-state index in [0.717, 1.165) is 27.6 Å². The Bertz CT molecular complexity index is 977. The first-order valence-electron chi connectivity index (χ1n) is 9.04. The fourth-order valence-electron chi connectivity index (χ4n) is 2.94. The number of ether oxygens (including phenoxy) is 2. The molecule has 0 saturated carbocycles. The summed E-state index contributed by atoms with van der Waals surface area (Å²) in [6, 6.07) is 17.8. The van der Waals surface area contributed by atoms with Gasteiger partial charge >= 0.3 is 12.6 Å². The second-order valence-corrected chi connectivity index (χ2v) is 6.58. The summed E-state index contributed by atoms with van der Waals surface area (Å²) < 4.78 is 33.9. The number of benzene rings is 3. The maximum Gasteiger partial charge on any atom is 0.387 e. The molecular weight excluding hydrogens is 378 g/mol. The van der Waals surface area contributed by atoms with Crippen LogP contribution < -0.4 is 14.8 Å². The van der Waals surface area contributed by atoms with Crippen LogP contribution in [0.2, 0.25) is 0 Å². The maximum absolute atomic E-state index is 12.4. The third-order valence-electron chi connectivity index (χ3n) is 4.47. The number of carbonyl (C=O) groups is 1. The number of rotatable bonds is 7. The van der Waals surface area contributed by atoms with Gasteiger partial charge in [-0.15, -0.1) is 0 Å². The number of hydrogen-bond donors (Lipinski definition) is 1. The number of fused-ring (bicyclic) bond motifs is 1. The van der Waals surface area contributed by atoms with Gasteiger partial charge in [-0.05, 0) is 52.2 Å². The fraction of sp³-hybridized carbons (Fsp3) is 0.227. The molecule has 0 radical (unpaired) electrons. The minimum atomic E-state index is -2.86. The van der Waals surface area contributed by atoms with Crippen molar-refractivity contribution in [2.45, 2.75) is 19.7 Å². The Kier molecular flexibility index (Phi) is 6.49. The van der Waals surface area contributed by atoms with Crippen molar-refractivity contribution in [1.29, 1.82) is 0 Å². The van der Waals surface area contributed by atoms with Crippen molar-refractivity contribution in [2.24, 2.45) is 0 Å². The average Bonchev–Trinajstić information content (AvgIpc) is 2.72. The lowest BCUT2D eigenvalue weighted by molar-refractivity contribution is -0.0498. The molecule has 0 unspecified atom stereocenters. The van der Waals surface area contributed by atoms with Crippen LogP contribution in [0.1, 0.15) is 11.1 Å². The van der Waals surface area contributed by atoms with Crippen LogP contribution in [-0.4, -0.2) is 31.7 Å². The summed E-state index contributed by atoms with van der Waals surface area (Å²) >= 11 is 0. The predicted molar refractivity (Wildman–Crippen MR) is 107 cm³/mol. The van der Waals surface area contributed by atoms with E-state index in [9.17, 15) is 13.6 Å². The fourth-order valence-corrected chi connectivity index (χ4v) is 2.94. The van der Waals surface area contributed by atoms with Crippen molar-refractivity contribution in [3.05, 3.63) is 71.8 Å². The van der Waals surface area contributed by atoms with Gasteiger partial charge in [-0.1, -0.05) is 30.3 Å². The van der Waals surface area contributed by atoms with E-state index in [0.29, 0.717) is 13.1 Å². The first kappa shape index (κ1) is 20.4. The minimum absolute atomic E-state index is 0.0878. The smallest absolute Gasteiger partial charge is 0.387 e. The van der Waals surface area contributed by atoms with Crippen molar-refractivity contribution in [2.75, 3.05) is 14.2 Å². The highest BCUT2D eigenvalue weighted by Gasteiger charge is 2.10. The van der Waals surface area contributed by atoms with Crippen molar-refractivity contribution in [3.8, 4) is 11.5 Å². The number of methoxy groups -OCH3 is 1. The lowest BCUT2D eigenvalue weighted by Gasteiger charge is -2.18. The van der Waals surface area contributed by atoms with Crippen LogP contribution in [0.25, 0.3) is 10.8 Å². The summed E-state index contributed by atoms with van der Waals surface area (Å²) in [5, 5.41) is 5.01. The Hall–Kier alpha value is -3.35. The van der Waals surface area contributed by atoms with Crippen molar-refractivity contribution in [1.82, 2.24) is 10.2 Å². The van der Waals surface area contributed by atoms with E-state index < -0.39 is 6.61 Å². The summed E-state index contributed by atoms with van der Waals surface area (Å²) in [7, 11) is 3.30. The molecule has 3 aromatic carbocycles. The molecule has 0 heterocycles. The molecule has 0 spiro atoms. The molecule has 0 saturated heterocycles. The van der Waals surface area contributed by atoms with Crippen LogP contribution in [0.3, 0.4) is 0 Å². The van der Waals surface area contributed by atoms with E-state index in [4.69, 9.17) is 4.74 Å². The van der Waals surface area contributed by atoms with Crippen molar-refractivity contribution >= 4 is 16.8 Å². The SMILES string of the molecule is COc1ccc2cc(CNC(=O)N(C)Cc3ccc(OC(F)F)cc3)ccc2c1. The van der Waals surface area contributed by atoms with Gasteiger partial charge < -0.3 is 19.7 Å². The van der Waals surface area contributed by atoms with Crippen LogP contribution in [-0.2, 0) is 13.1 Å².